The van der Waals surface area contributed by atoms with Crippen LogP contribution in [0, 0.1) is 0 Å². The molecule has 0 saturated heterocycles. The zero-order chi connectivity index (χ0) is 18.8. The van der Waals surface area contributed by atoms with Gasteiger partial charge >= 0.3 is 16.1 Å². The van der Waals surface area contributed by atoms with Crippen LogP contribution in [-0.4, -0.2) is 21.1 Å². The first-order valence-corrected chi connectivity index (χ1v) is 12.3. The van der Waals surface area contributed by atoms with Crippen LogP contribution >= 0.6 is 16.1 Å². The Morgan fingerprint density at radius 3 is 1.33 bits per heavy atom. The maximum absolute atomic E-state index is 10.9. The van der Waals surface area contributed by atoms with Crippen molar-refractivity contribution < 1.29 is 18.9 Å². The molecule has 4 atom stereocenters. The first-order chi connectivity index (χ1) is 11.4. The van der Waals surface area contributed by atoms with Crippen molar-refractivity contribution in [2.75, 3.05) is 0 Å². The Hall–Kier alpha value is 0.120. The van der Waals surface area contributed by atoms with Crippen LogP contribution in [-0.2, 0) is 9.13 Å². The van der Waals surface area contributed by atoms with Gasteiger partial charge in [0.25, 0.3) is 0 Å². The molecule has 0 aliphatic heterocycles. The first-order valence-electron chi connectivity index (χ1n) is 9.74. The number of hydrogen-bond donors (Lipinski definition) is 2. The minimum absolute atomic E-state index is 0.0385. The summed E-state index contributed by atoms with van der Waals surface area (Å²) in [7, 11) is -3.87. The summed E-state index contributed by atoms with van der Waals surface area (Å²) in [6, 6.07) is 0. The summed E-state index contributed by atoms with van der Waals surface area (Å²) in [4.78, 5) is 17.9. The molecule has 24 heavy (non-hydrogen) atoms. The van der Waals surface area contributed by atoms with Gasteiger partial charge in [-0.15, -0.1) is 0 Å². The highest BCUT2D eigenvalue weighted by Crippen LogP contribution is 2.31. The van der Waals surface area contributed by atoms with Crippen LogP contribution in [0.15, 0.2) is 0 Å². The molecular formula is C18H40O4P2+2. The van der Waals surface area contributed by atoms with Gasteiger partial charge in [-0.05, 0) is 54.1 Å². The molecule has 0 bridgehead atoms. The maximum Gasteiger partial charge on any atom is 0.508 e. The lowest BCUT2D eigenvalue weighted by Crippen LogP contribution is -2.02. The van der Waals surface area contributed by atoms with E-state index < -0.39 is 16.1 Å². The van der Waals surface area contributed by atoms with Crippen LogP contribution in [0.5, 0.6) is 0 Å². The van der Waals surface area contributed by atoms with Gasteiger partial charge in [-0.3, -0.25) is 0 Å². The van der Waals surface area contributed by atoms with Crippen molar-refractivity contribution in [2.24, 2.45) is 0 Å². The van der Waals surface area contributed by atoms with E-state index in [1.54, 1.807) is 0 Å². The van der Waals surface area contributed by atoms with Crippen LogP contribution in [0.4, 0.5) is 0 Å². The molecule has 0 rings (SSSR count). The molecular weight excluding hydrogens is 342 g/mol. The number of hydrogen-bond acceptors (Lipinski definition) is 2. The van der Waals surface area contributed by atoms with Gasteiger partial charge in [0.15, 0.2) is 11.3 Å². The van der Waals surface area contributed by atoms with Crippen molar-refractivity contribution in [3.05, 3.63) is 0 Å². The van der Waals surface area contributed by atoms with Gasteiger partial charge in [0.2, 0.25) is 0 Å². The third-order valence-electron chi connectivity index (χ3n) is 4.27. The van der Waals surface area contributed by atoms with Crippen molar-refractivity contribution in [2.45, 2.75) is 116 Å². The van der Waals surface area contributed by atoms with Gasteiger partial charge in [0, 0.05) is 0 Å². The van der Waals surface area contributed by atoms with Gasteiger partial charge < -0.3 is 0 Å². The standard InChI is InChI=1S/C10H21O2P.C8H17O2P/c1-3-5-7-9-10(13(11)12)8-6-4-2;1-3-5-6-7-8(4-2)11(9)10/h10H,3-9H2,1-2H3;8H,3-7H2,1-2H3/p+2. The Kier molecular flexibility index (Phi) is 21.3. The van der Waals surface area contributed by atoms with Gasteiger partial charge in [-0.1, -0.05) is 59.8 Å². The third kappa shape index (κ3) is 17.0. The second kappa shape index (κ2) is 19.4. The predicted octanol–water partition coefficient (Wildman–Crippen LogP) is 6.94. The number of unbranched alkanes of at least 4 members (excludes halogenated alkanes) is 5. The molecule has 6 heteroatoms. The molecule has 0 aliphatic rings. The van der Waals surface area contributed by atoms with E-state index in [-0.39, 0.29) is 11.3 Å². The molecule has 0 aromatic carbocycles. The van der Waals surface area contributed by atoms with E-state index in [0.29, 0.717) is 0 Å². The van der Waals surface area contributed by atoms with E-state index in [4.69, 9.17) is 9.79 Å². The molecule has 2 N–H and O–H groups in total. The summed E-state index contributed by atoms with van der Waals surface area (Å²) in [5.41, 5.74) is 0.0954. The molecule has 144 valence electrons. The summed E-state index contributed by atoms with van der Waals surface area (Å²) in [5.74, 6) is 0. The summed E-state index contributed by atoms with van der Waals surface area (Å²) in [6.07, 6.45) is 12.7. The second-order valence-corrected chi connectivity index (χ2v) is 9.13. The molecule has 0 radical (unpaired) electrons. The Balaban J connectivity index is 0. The molecule has 0 saturated carbocycles. The SMILES string of the molecule is CCCCCC(CC)[P+](=O)O.CCCCCC(CCCC)[P+](=O)O. The first kappa shape index (κ1) is 26.4. The summed E-state index contributed by atoms with van der Waals surface area (Å²) >= 11 is 0. The van der Waals surface area contributed by atoms with Crippen molar-refractivity contribution in [1.82, 2.24) is 0 Å². The van der Waals surface area contributed by atoms with E-state index in [9.17, 15) is 9.13 Å². The second-order valence-electron chi connectivity index (χ2n) is 6.45. The van der Waals surface area contributed by atoms with Crippen molar-refractivity contribution in [3.8, 4) is 0 Å². The minimum atomic E-state index is -1.94. The summed E-state index contributed by atoms with van der Waals surface area (Å²) in [5, 5.41) is 0. The van der Waals surface area contributed by atoms with Crippen molar-refractivity contribution in [3.63, 3.8) is 0 Å². The average Bonchev–Trinajstić information content (AvgIpc) is 2.55. The van der Waals surface area contributed by atoms with Crippen LogP contribution < -0.4 is 0 Å². The molecule has 0 amide bonds. The minimum Gasteiger partial charge on any atom is -0.161 e. The normalized spacial score (nSPS) is 14.4. The zero-order valence-corrected chi connectivity index (χ0v) is 18.0. The highest BCUT2D eigenvalue weighted by Gasteiger charge is 2.27. The molecule has 0 spiro atoms. The lowest BCUT2D eigenvalue weighted by molar-refractivity contribution is 0.467. The Bertz CT molecular complexity index is 311. The Labute approximate surface area is 151 Å². The number of rotatable bonds is 14. The monoisotopic (exact) mass is 382 g/mol. The largest absolute Gasteiger partial charge is 0.508 e. The van der Waals surface area contributed by atoms with Gasteiger partial charge in [-0.25, -0.2) is 0 Å². The lowest BCUT2D eigenvalue weighted by atomic mass is 10.1. The highest BCUT2D eigenvalue weighted by molar-refractivity contribution is 7.39. The molecule has 0 heterocycles. The van der Waals surface area contributed by atoms with Crippen molar-refractivity contribution in [1.29, 1.82) is 0 Å². The van der Waals surface area contributed by atoms with Crippen LogP contribution in [0.25, 0.3) is 0 Å². The van der Waals surface area contributed by atoms with Gasteiger partial charge in [0.1, 0.15) is 0 Å². The maximum atomic E-state index is 10.9. The summed E-state index contributed by atoms with van der Waals surface area (Å²) in [6.45, 7) is 8.38. The summed E-state index contributed by atoms with van der Waals surface area (Å²) < 4.78 is 21.6. The highest BCUT2D eigenvalue weighted by atomic mass is 31.1. The van der Waals surface area contributed by atoms with Gasteiger partial charge in [0.05, 0.1) is 0 Å². The van der Waals surface area contributed by atoms with Crippen molar-refractivity contribution >= 4 is 16.1 Å². The predicted molar refractivity (Wildman–Crippen MR) is 105 cm³/mol. The average molecular weight is 382 g/mol. The molecule has 0 aliphatic carbocycles. The molecule has 4 nitrogen and oxygen atoms in total. The molecule has 0 fully saturated rings. The quantitative estimate of drug-likeness (QED) is 0.252. The zero-order valence-electron chi connectivity index (χ0n) is 16.2. The fourth-order valence-corrected chi connectivity index (χ4v) is 4.06. The molecule has 0 aromatic rings. The van der Waals surface area contributed by atoms with E-state index in [2.05, 4.69) is 20.8 Å². The van der Waals surface area contributed by atoms with Crippen LogP contribution in [0.3, 0.4) is 0 Å². The van der Waals surface area contributed by atoms with E-state index >= 15 is 0 Å². The van der Waals surface area contributed by atoms with E-state index in [0.717, 1.165) is 51.4 Å². The van der Waals surface area contributed by atoms with E-state index in [1.807, 2.05) is 6.92 Å². The third-order valence-corrected chi connectivity index (χ3v) is 6.66. The topological polar surface area (TPSA) is 74.6 Å². The van der Waals surface area contributed by atoms with Gasteiger partial charge in [-0.2, -0.15) is 9.79 Å². The Morgan fingerprint density at radius 1 is 0.625 bits per heavy atom. The fraction of sp³-hybridized carbons (Fsp3) is 1.00. The Morgan fingerprint density at radius 2 is 1.00 bits per heavy atom. The van der Waals surface area contributed by atoms with Crippen LogP contribution in [0.1, 0.15) is 105 Å². The fourth-order valence-electron chi connectivity index (χ4n) is 2.54. The smallest absolute Gasteiger partial charge is 0.161 e. The lowest BCUT2D eigenvalue weighted by Gasteiger charge is -2.02. The molecule has 0 aromatic heterocycles. The molecule has 4 unspecified atom stereocenters. The van der Waals surface area contributed by atoms with E-state index in [1.165, 1.54) is 25.7 Å². The van der Waals surface area contributed by atoms with Crippen LogP contribution in [0.2, 0.25) is 0 Å².